The number of nitrogens with zero attached hydrogens (tertiary/aromatic N) is 2. The molecule has 0 saturated carbocycles. The molecule has 0 unspecified atom stereocenters. The fourth-order valence-electron chi connectivity index (χ4n) is 2.05. The van der Waals surface area contributed by atoms with E-state index in [9.17, 15) is 0 Å². The molecule has 0 heterocycles. The largest absolute Gasteiger partial charge is 0.494 e. The molecule has 0 saturated heterocycles. The number of hydrogen-bond acceptors (Lipinski definition) is 3. The Morgan fingerprint density at radius 1 is 0.773 bits per heavy atom. The Labute approximate surface area is 133 Å². The molecule has 0 aliphatic heterocycles. The molecule has 0 N–H and O–H groups in total. The predicted molar refractivity (Wildman–Crippen MR) is 91.4 cm³/mol. The highest BCUT2D eigenvalue weighted by Gasteiger charge is 1.95. The van der Waals surface area contributed by atoms with Gasteiger partial charge in [0.15, 0.2) is 0 Å². The van der Waals surface area contributed by atoms with Gasteiger partial charge in [0.25, 0.3) is 0 Å². The molecule has 0 spiro atoms. The molecular formula is C19H24N2O. The van der Waals surface area contributed by atoms with E-state index in [-0.39, 0.29) is 0 Å². The molecule has 2 rings (SSSR count). The van der Waals surface area contributed by atoms with Crippen LogP contribution in [-0.4, -0.2) is 6.61 Å². The Morgan fingerprint density at radius 2 is 1.36 bits per heavy atom. The molecule has 0 radical (unpaired) electrons. The van der Waals surface area contributed by atoms with Gasteiger partial charge < -0.3 is 4.74 Å². The molecule has 0 bridgehead atoms. The van der Waals surface area contributed by atoms with Crippen molar-refractivity contribution in [2.45, 2.75) is 39.5 Å². The number of azo groups is 1. The Kier molecular flexibility index (Phi) is 6.62. The zero-order chi connectivity index (χ0) is 15.6. The van der Waals surface area contributed by atoms with Gasteiger partial charge in [-0.05, 0) is 49.7 Å². The average Bonchev–Trinajstić information content (AvgIpc) is 2.55. The maximum atomic E-state index is 5.71. The lowest BCUT2D eigenvalue weighted by atomic mass is 10.2. The van der Waals surface area contributed by atoms with E-state index in [1.165, 1.54) is 24.8 Å². The molecule has 2 aromatic carbocycles. The number of benzene rings is 2. The van der Waals surface area contributed by atoms with Gasteiger partial charge in [0, 0.05) is 0 Å². The van der Waals surface area contributed by atoms with Crippen LogP contribution < -0.4 is 4.74 Å². The van der Waals surface area contributed by atoms with Gasteiger partial charge in [0.05, 0.1) is 18.0 Å². The highest BCUT2D eigenvalue weighted by molar-refractivity contribution is 5.43. The van der Waals surface area contributed by atoms with E-state index in [2.05, 4.69) is 24.1 Å². The summed E-state index contributed by atoms with van der Waals surface area (Å²) in [7, 11) is 0. The highest BCUT2D eigenvalue weighted by atomic mass is 16.5. The van der Waals surface area contributed by atoms with Crippen LogP contribution in [0.3, 0.4) is 0 Å². The predicted octanol–water partition coefficient (Wildman–Crippen LogP) is 6.37. The lowest BCUT2D eigenvalue weighted by molar-refractivity contribution is 0.305. The maximum Gasteiger partial charge on any atom is 0.119 e. The van der Waals surface area contributed by atoms with Gasteiger partial charge in [-0.2, -0.15) is 10.2 Å². The van der Waals surface area contributed by atoms with E-state index in [0.717, 1.165) is 30.2 Å². The molecule has 0 amide bonds. The second-order valence-electron chi connectivity index (χ2n) is 5.44. The molecule has 2 aromatic rings. The molecule has 0 fully saturated rings. The zero-order valence-electron chi connectivity index (χ0n) is 13.5. The van der Waals surface area contributed by atoms with E-state index in [1.807, 2.05) is 48.5 Å². The molecule has 3 heteroatoms. The molecule has 0 atom stereocenters. The van der Waals surface area contributed by atoms with E-state index in [4.69, 9.17) is 4.74 Å². The Hall–Kier alpha value is -2.16. The number of rotatable bonds is 8. The third-order valence-corrected chi connectivity index (χ3v) is 3.42. The van der Waals surface area contributed by atoms with Crippen LogP contribution in [-0.2, 0) is 0 Å². The standard InChI is InChI=1S/C19H24N2O/c1-3-4-5-6-15-22-19-13-11-18(12-14-19)21-20-17-9-7-16(2)8-10-17/h7-14H,3-6,15H2,1-2H3. The lowest BCUT2D eigenvalue weighted by Crippen LogP contribution is -1.96. The van der Waals surface area contributed by atoms with Gasteiger partial charge in [-0.1, -0.05) is 43.9 Å². The van der Waals surface area contributed by atoms with Crippen LogP contribution in [0.15, 0.2) is 58.8 Å². The Balaban J connectivity index is 1.82. The van der Waals surface area contributed by atoms with Gasteiger partial charge >= 0.3 is 0 Å². The van der Waals surface area contributed by atoms with Crippen molar-refractivity contribution in [3.8, 4) is 5.75 Å². The van der Waals surface area contributed by atoms with Crippen molar-refractivity contribution < 1.29 is 4.74 Å². The molecule has 22 heavy (non-hydrogen) atoms. The summed E-state index contributed by atoms with van der Waals surface area (Å²) in [5.41, 5.74) is 2.92. The Morgan fingerprint density at radius 3 is 1.95 bits per heavy atom. The first kappa shape index (κ1) is 16.2. The molecule has 0 aromatic heterocycles. The summed E-state index contributed by atoms with van der Waals surface area (Å²) in [6.45, 7) is 5.05. The smallest absolute Gasteiger partial charge is 0.119 e. The molecule has 3 nitrogen and oxygen atoms in total. The van der Waals surface area contributed by atoms with Crippen molar-refractivity contribution in [1.29, 1.82) is 0 Å². The van der Waals surface area contributed by atoms with Gasteiger partial charge in [-0.3, -0.25) is 0 Å². The summed E-state index contributed by atoms with van der Waals surface area (Å²) < 4.78 is 5.71. The second-order valence-corrected chi connectivity index (χ2v) is 5.44. The van der Waals surface area contributed by atoms with E-state index < -0.39 is 0 Å². The number of aryl methyl sites for hydroxylation is 1. The first-order chi connectivity index (χ1) is 10.8. The van der Waals surface area contributed by atoms with Gasteiger partial charge in [-0.15, -0.1) is 0 Å². The zero-order valence-corrected chi connectivity index (χ0v) is 13.5. The van der Waals surface area contributed by atoms with Crippen LogP contribution in [0, 0.1) is 6.92 Å². The minimum absolute atomic E-state index is 0.782. The van der Waals surface area contributed by atoms with E-state index >= 15 is 0 Å². The van der Waals surface area contributed by atoms with Crippen molar-refractivity contribution in [1.82, 2.24) is 0 Å². The quantitative estimate of drug-likeness (QED) is 0.411. The van der Waals surface area contributed by atoms with Gasteiger partial charge in [0.2, 0.25) is 0 Å². The maximum absolute atomic E-state index is 5.71. The van der Waals surface area contributed by atoms with Crippen LogP contribution in [0.5, 0.6) is 5.75 Å². The third-order valence-electron chi connectivity index (χ3n) is 3.42. The summed E-state index contributed by atoms with van der Waals surface area (Å²) in [6.07, 6.45) is 4.88. The van der Waals surface area contributed by atoms with Crippen molar-refractivity contribution in [3.05, 3.63) is 54.1 Å². The first-order valence-electron chi connectivity index (χ1n) is 7.99. The molecule has 116 valence electrons. The van der Waals surface area contributed by atoms with Gasteiger partial charge in [0.1, 0.15) is 5.75 Å². The van der Waals surface area contributed by atoms with E-state index in [1.54, 1.807) is 0 Å². The summed E-state index contributed by atoms with van der Waals surface area (Å²) in [6, 6.07) is 15.7. The van der Waals surface area contributed by atoms with Crippen molar-refractivity contribution in [3.63, 3.8) is 0 Å². The van der Waals surface area contributed by atoms with Crippen molar-refractivity contribution in [2.24, 2.45) is 10.2 Å². The number of hydrogen-bond donors (Lipinski definition) is 0. The van der Waals surface area contributed by atoms with Crippen LogP contribution in [0.2, 0.25) is 0 Å². The lowest BCUT2D eigenvalue weighted by Gasteiger charge is -2.05. The summed E-state index contributed by atoms with van der Waals surface area (Å²) in [5.74, 6) is 0.894. The fourth-order valence-corrected chi connectivity index (χ4v) is 2.05. The summed E-state index contributed by atoms with van der Waals surface area (Å²) >= 11 is 0. The topological polar surface area (TPSA) is 34.0 Å². The first-order valence-corrected chi connectivity index (χ1v) is 7.99. The van der Waals surface area contributed by atoms with E-state index in [0.29, 0.717) is 0 Å². The Bertz CT molecular complexity index is 573. The number of unbranched alkanes of at least 4 members (excludes halogenated alkanes) is 3. The normalized spacial score (nSPS) is 11.0. The molecular weight excluding hydrogens is 272 g/mol. The van der Waals surface area contributed by atoms with Crippen LogP contribution in [0.1, 0.15) is 38.2 Å². The SMILES string of the molecule is CCCCCCOc1ccc(N=Nc2ccc(C)cc2)cc1. The highest BCUT2D eigenvalue weighted by Crippen LogP contribution is 2.21. The van der Waals surface area contributed by atoms with Crippen molar-refractivity contribution in [2.75, 3.05) is 6.61 Å². The second kappa shape index (κ2) is 8.98. The van der Waals surface area contributed by atoms with Crippen LogP contribution >= 0.6 is 0 Å². The van der Waals surface area contributed by atoms with Gasteiger partial charge in [-0.25, -0.2) is 0 Å². The minimum Gasteiger partial charge on any atom is -0.494 e. The molecule has 0 aliphatic rings. The third kappa shape index (κ3) is 5.68. The number of ether oxygens (including phenoxy) is 1. The molecule has 0 aliphatic carbocycles. The average molecular weight is 296 g/mol. The van der Waals surface area contributed by atoms with Crippen molar-refractivity contribution >= 4 is 11.4 Å². The van der Waals surface area contributed by atoms with Crippen LogP contribution in [0.4, 0.5) is 11.4 Å². The van der Waals surface area contributed by atoms with Crippen LogP contribution in [0.25, 0.3) is 0 Å². The minimum atomic E-state index is 0.782. The fraction of sp³-hybridized carbons (Fsp3) is 0.368. The summed E-state index contributed by atoms with van der Waals surface area (Å²) in [5, 5.41) is 8.46. The monoisotopic (exact) mass is 296 g/mol. The summed E-state index contributed by atoms with van der Waals surface area (Å²) in [4.78, 5) is 0.